The zero-order valence-corrected chi connectivity index (χ0v) is 11.9. The molecule has 0 atom stereocenters. The summed E-state index contributed by atoms with van der Waals surface area (Å²) in [4.78, 5) is 18.8. The number of nitrogens with two attached hydrogens (primary N) is 1. The molecule has 108 valence electrons. The molecule has 0 aliphatic carbocycles. The molecule has 1 aromatic heterocycles. The molecule has 0 saturated carbocycles. The third-order valence-electron chi connectivity index (χ3n) is 3.74. The number of benzene rings is 1. The number of ether oxygens (including phenoxy) is 1. The van der Waals surface area contributed by atoms with Crippen LogP contribution in [0.15, 0.2) is 36.5 Å². The van der Waals surface area contributed by atoms with Gasteiger partial charge in [0.05, 0.1) is 12.7 Å². The average Bonchev–Trinajstić information content (AvgIpc) is 2.54. The number of hydrogen-bond acceptors (Lipinski definition) is 4. The van der Waals surface area contributed by atoms with E-state index in [0.29, 0.717) is 30.1 Å². The predicted molar refractivity (Wildman–Crippen MR) is 80.1 cm³/mol. The zero-order chi connectivity index (χ0) is 14.8. The third kappa shape index (κ3) is 2.54. The third-order valence-corrected chi connectivity index (χ3v) is 3.74. The number of amides is 1. The van der Waals surface area contributed by atoms with E-state index in [-0.39, 0.29) is 5.91 Å². The molecular weight excluding hydrogens is 266 g/mol. The molecule has 0 fully saturated rings. The monoisotopic (exact) mass is 283 g/mol. The summed E-state index contributed by atoms with van der Waals surface area (Å²) in [5.74, 6) is 0.563. The van der Waals surface area contributed by atoms with Crippen LogP contribution in [0.4, 0.5) is 5.69 Å². The summed E-state index contributed by atoms with van der Waals surface area (Å²) in [6.07, 6.45) is 2.56. The fraction of sp³-hybridized carbons (Fsp3) is 0.250. The largest absolute Gasteiger partial charge is 0.497 e. The Balaban J connectivity index is 1.87. The number of pyridine rings is 1. The number of hydrogen-bond donors (Lipinski definition) is 1. The number of methoxy groups -OCH3 is 1. The molecule has 1 aliphatic heterocycles. The lowest BCUT2D eigenvalue weighted by atomic mass is 10.0. The van der Waals surface area contributed by atoms with Gasteiger partial charge in [0.25, 0.3) is 5.91 Å². The molecule has 5 nitrogen and oxygen atoms in total. The van der Waals surface area contributed by atoms with E-state index in [4.69, 9.17) is 10.5 Å². The van der Waals surface area contributed by atoms with Crippen LogP contribution in [0, 0.1) is 0 Å². The van der Waals surface area contributed by atoms with E-state index in [1.165, 1.54) is 0 Å². The van der Waals surface area contributed by atoms with Gasteiger partial charge in [-0.25, -0.2) is 0 Å². The fourth-order valence-corrected chi connectivity index (χ4v) is 2.56. The molecule has 2 N–H and O–H groups in total. The van der Waals surface area contributed by atoms with Crippen molar-refractivity contribution in [3.05, 3.63) is 53.3 Å². The van der Waals surface area contributed by atoms with Gasteiger partial charge in [0.1, 0.15) is 5.75 Å². The molecule has 0 saturated heterocycles. The lowest BCUT2D eigenvalue weighted by Crippen LogP contribution is -2.36. The van der Waals surface area contributed by atoms with Crippen molar-refractivity contribution in [2.24, 2.45) is 0 Å². The zero-order valence-electron chi connectivity index (χ0n) is 11.9. The molecule has 1 aliphatic rings. The molecule has 3 rings (SSSR count). The van der Waals surface area contributed by atoms with Crippen LogP contribution in [0.5, 0.6) is 5.75 Å². The topological polar surface area (TPSA) is 68.5 Å². The molecule has 1 amide bonds. The fourth-order valence-electron chi connectivity index (χ4n) is 2.56. The van der Waals surface area contributed by atoms with Gasteiger partial charge in [0.15, 0.2) is 0 Å². The van der Waals surface area contributed by atoms with E-state index < -0.39 is 0 Å². The van der Waals surface area contributed by atoms with Crippen LogP contribution in [0.25, 0.3) is 0 Å². The minimum atomic E-state index is -0.0686. The van der Waals surface area contributed by atoms with Gasteiger partial charge in [0.2, 0.25) is 0 Å². The first kappa shape index (κ1) is 13.4. The normalized spacial score (nSPS) is 13.7. The van der Waals surface area contributed by atoms with Crippen molar-refractivity contribution in [2.75, 3.05) is 19.4 Å². The van der Waals surface area contributed by atoms with Gasteiger partial charge >= 0.3 is 0 Å². The SMILES string of the molecule is COc1ccc(N)c(C(=O)N2CCc3ncccc3C2)c1. The maximum atomic E-state index is 12.7. The summed E-state index contributed by atoms with van der Waals surface area (Å²) < 4.78 is 5.17. The molecule has 0 spiro atoms. The Morgan fingerprint density at radius 1 is 1.38 bits per heavy atom. The highest BCUT2D eigenvalue weighted by Crippen LogP contribution is 2.24. The number of nitrogen functional groups attached to an aromatic ring is 1. The summed E-state index contributed by atoms with van der Waals surface area (Å²) in [5, 5.41) is 0. The summed E-state index contributed by atoms with van der Waals surface area (Å²) >= 11 is 0. The number of carbonyl (C=O) groups is 1. The van der Waals surface area contributed by atoms with Crippen molar-refractivity contribution < 1.29 is 9.53 Å². The van der Waals surface area contributed by atoms with Crippen LogP contribution in [0.1, 0.15) is 21.6 Å². The Morgan fingerprint density at radius 2 is 2.24 bits per heavy atom. The highest BCUT2D eigenvalue weighted by atomic mass is 16.5. The summed E-state index contributed by atoms with van der Waals surface area (Å²) in [5.41, 5.74) is 9.05. The molecule has 2 heterocycles. The number of nitrogens with zero attached hydrogens (tertiary/aromatic N) is 2. The Hall–Kier alpha value is -2.56. The van der Waals surface area contributed by atoms with Gasteiger partial charge in [-0.2, -0.15) is 0 Å². The van der Waals surface area contributed by atoms with E-state index >= 15 is 0 Å². The standard InChI is InChI=1S/C16H17N3O2/c1-21-12-4-5-14(17)13(9-12)16(20)19-8-6-15-11(10-19)3-2-7-18-15/h2-5,7,9H,6,8,10,17H2,1H3. The van der Waals surface area contributed by atoms with Crippen molar-refractivity contribution >= 4 is 11.6 Å². The van der Waals surface area contributed by atoms with Gasteiger partial charge in [-0.05, 0) is 29.8 Å². The molecule has 1 aromatic carbocycles. The lowest BCUT2D eigenvalue weighted by molar-refractivity contribution is 0.0734. The Kier molecular flexibility index (Phi) is 3.48. The van der Waals surface area contributed by atoms with Crippen LogP contribution >= 0.6 is 0 Å². The predicted octanol–water partition coefficient (Wildman–Crippen LogP) is 1.87. The van der Waals surface area contributed by atoms with E-state index in [9.17, 15) is 4.79 Å². The summed E-state index contributed by atoms with van der Waals surface area (Å²) in [6.45, 7) is 1.22. The molecule has 0 bridgehead atoms. The molecule has 0 unspecified atom stereocenters. The minimum absolute atomic E-state index is 0.0686. The van der Waals surface area contributed by atoms with Crippen molar-refractivity contribution in [1.82, 2.24) is 9.88 Å². The van der Waals surface area contributed by atoms with Crippen LogP contribution in [0.2, 0.25) is 0 Å². The van der Waals surface area contributed by atoms with Crippen molar-refractivity contribution in [2.45, 2.75) is 13.0 Å². The van der Waals surface area contributed by atoms with Gasteiger partial charge in [-0.3, -0.25) is 9.78 Å². The van der Waals surface area contributed by atoms with E-state index in [0.717, 1.165) is 17.7 Å². The molecule has 2 aromatic rings. The first-order valence-electron chi connectivity index (χ1n) is 6.84. The van der Waals surface area contributed by atoms with Crippen LogP contribution in [-0.2, 0) is 13.0 Å². The number of rotatable bonds is 2. The summed E-state index contributed by atoms with van der Waals surface area (Å²) in [6, 6.07) is 9.05. The van der Waals surface area contributed by atoms with E-state index in [2.05, 4.69) is 4.98 Å². The second kappa shape index (κ2) is 5.44. The van der Waals surface area contributed by atoms with Crippen LogP contribution in [-0.4, -0.2) is 29.4 Å². The maximum Gasteiger partial charge on any atom is 0.256 e. The Labute approximate surface area is 123 Å². The first-order chi connectivity index (χ1) is 10.2. The number of anilines is 1. The lowest BCUT2D eigenvalue weighted by Gasteiger charge is -2.28. The minimum Gasteiger partial charge on any atom is -0.497 e. The molecule has 5 heteroatoms. The molecule has 21 heavy (non-hydrogen) atoms. The van der Waals surface area contributed by atoms with Gasteiger partial charge in [-0.15, -0.1) is 0 Å². The second-order valence-corrected chi connectivity index (χ2v) is 5.04. The summed E-state index contributed by atoms with van der Waals surface area (Å²) in [7, 11) is 1.57. The van der Waals surface area contributed by atoms with Gasteiger partial charge in [0, 0.05) is 37.1 Å². The first-order valence-corrected chi connectivity index (χ1v) is 6.84. The average molecular weight is 283 g/mol. The van der Waals surface area contributed by atoms with Crippen LogP contribution < -0.4 is 10.5 Å². The van der Waals surface area contributed by atoms with E-state index in [1.54, 1.807) is 36.4 Å². The van der Waals surface area contributed by atoms with Crippen molar-refractivity contribution in [1.29, 1.82) is 0 Å². The molecular formula is C16H17N3O2. The number of aromatic nitrogens is 1. The van der Waals surface area contributed by atoms with Crippen molar-refractivity contribution in [3.8, 4) is 5.75 Å². The number of fused-ring (bicyclic) bond motifs is 1. The Morgan fingerprint density at radius 3 is 3.05 bits per heavy atom. The highest BCUT2D eigenvalue weighted by Gasteiger charge is 2.23. The van der Waals surface area contributed by atoms with Crippen LogP contribution in [0.3, 0.4) is 0 Å². The maximum absolute atomic E-state index is 12.7. The molecule has 0 radical (unpaired) electrons. The van der Waals surface area contributed by atoms with Gasteiger partial charge < -0.3 is 15.4 Å². The smallest absolute Gasteiger partial charge is 0.256 e. The quantitative estimate of drug-likeness (QED) is 0.854. The number of carbonyl (C=O) groups excluding carboxylic acids is 1. The highest BCUT2D eigenvalue weighted by molar-refractivity contribution is 5.99. The van der Waals surface area contributed by atoms with Crippen molar-refractivity contribution in [3.63, 3.8) is 0 Å². The van der Waals surface area contributed by atoms with E-state index in [1.807, 2.05) is 12.1 Å². The van der Waals surface area contributed by atoms with Gasteiger partial charge in [-0.1, -0.05) is 6.07 Å². The second-order valence-electron chi connectivity index (χ2n) is 5.04. The Bertz CT molecular complexity index is 685.